The molecule has 4 nitrogen and oxygen atoms in total. The number of hydrogen-bond donors (Lipinski definition) is 0. The Kier molecular flexibility index (Phi) is 5.60. The Labute approximate surface area is 129 Å². The number of carbonyl (C=O) groups excluding carboxylic acids is 1. The maximum absolute atomic E-state index is 11.8. The molecule has 0 atom stereocenters. The SMILES string of the molecule is C=CCc1ccc(OC(=O)COc2ccccc2)c(OC)c1. The van der Waals surface area contributed by atoms with Crippen molar-refractivity contribution in [3.8, 4) is 17.2 Å². The molecule has 114 valence electrons. The summed E-state index contributed by atoms with van der Waals surface area (Å²) >= 11 is 0. The predicted molar refractivity (Wildman–Crippen MR) is 84.5 cm³/mol. The molecule has 2 aromatic carbocycles. The van der Waals surface area contributed by atoms with Crippen molar-refractivity contribution >= 4 is 5.97 Å². The van der Waals surface area contributed by atoms with Gasteiger partial charge in [-0.05, 0) is 36.2 Å². The Morgan fingerprint density at radius 1 is 1.14 bits per heavy atom. The summed E-state index contributed by atoms with van der Waals surface area (Å²) in [5, 5.41) is 0. The molecule has 22 heavy (non-hydrogen) atoms. The highest BCUT2D eigenvalue weighted by Crippen LogP contribution is 2.28. The molecule has 0 saturated carbocycles. The molecule has 0 unspecified atom stereocenters. The van der Waals surface area contributed by atoms with E-state index in [1.165, 1.54) is 7.11 Å². The molecule has 2 rings (SSSR count). The van der Waals surface area contributed by atoms with Crippen LogP contribution in [0.5, 0.6) is 17.2 Å². The van der Waals surface area contributed by atoms with E-state index in [0.717, 1.165) is 12.0 Å². The van der Waals surface area contributed by atoms with Crippen LogP contribution in [0.4, 0.5) is 0 Å². The molecule has 4 heteroatoms. The van der Waals surface area contributed by atoms with Crippen LogP contribution in [0.1, 0.15) is 5.56 Å². The number of ether oxygens (including phenoxy) is 3. The lowest BCUT2D eigenvalue weighted by Crippen LogP contribution is -2.18. The van der Waals surface area contributed by atoms with Crippen LogP contribution in [-0.4, -0.2) is 19.7 Å². The van der Waals surface area contributed by atoms with Gasteiger partial charge < -0.3 is 14.2 Å². The number of hydrogen-bond acceptors (Lipinski definition) is 4. The summed E-state index contributed by atoms with van der Waals surface area (Å²) in [6.45, 7) is 3.53. The third-order valence-electron chi connectivity index (χ3n) is 2.93. The minimum Gasteiger partial charge on any atom is -0.493 e. The van der Waals surface area contributed by atoms with Gasteiger partial charge in [0.15, 0.2) is 18.1 Å². The quantitative estimate of drug-likeness (QED) is 0.446. The summed E-state index contributed by atoms with van der Waals surface area (Å²) in [5.74, 6) is 1.01. The van der Waals surface area contributed by atoms with E-state index in [0.29, 0.717) is 17.2 Å². The van der Waals surface area contributed by atoms with Crippen molar-refractivity contribution in [3.05, 3.63) is 66.7 Å². The highest BCUT2D eigenvalue weighted by molar-refractivity contribution is 5.74. The smallest absolute Gasteiger partial charge is 0.349 e. The van der Waals surface area contributed by atoms with Gasteiger partial charge in [0.2, 0.25) is 0 Å². The number of allylic oxidation sites excluding steroid dienone is 1. The van der Waals surface area contributed by atoms with Crippen LogP contribution in [0.25, 0.3) is 0 Å². The molecule has 0 aliphatic heterocycles. The van der Waals surface area contributed by atoms with E-state index in [-0.39, 0.29) is 6.61 Å². The second-order valence-corrected chi connectivity index (χ2v) is 4.55. The molecule has 0 radical (unpaired) electrons. The summed E-state index contributed by atoms with van der Waals surface area (Å²) in [7, 11) is 1.53. The van der Waals surface area contributed by atoms with Crippen molar-refractivity contribution in [3.63, 3.8) is 0 Å². The molecule has 2 aromatic rings. The molecule has 0 heterocycles. The fourth-order valence-corrected chi connectivity index (χ4v) is 1.90. The van der Waals surface area contributed by atoms with E-state index < -0.39 is 5.97 Å². The van der Waals surface area contributed by atoms with Gasteiger partial charge in [-0.3, -0.25) is 0 Å². The average Bonchev–Trinajstić information content (AvgIpc) is 2.55. The highest BCUT2D eigenvalue weighted by atomic mass is 16.6. The second-order valence-electron chi connectivity index (χ2n) is 4.55. The molecule has 0 saturated heterocycles. The lowest BCUT2D eigenvalue weighted by Gasteiger charge is -2.11. The van der Waals surface area contributed by atoms with Gasteiger partial charge in [0.25, 0.3) is 0 Å². The topological polar surface area (TPSA) is 44.8 Å². The monoisotopic (exact) mass is 298 g/mol. The maximum Gasteiger partial charge on any atom is 0.349 e. The molecular weight excluding hydrogens is 280 g/mol. The van der Waals surface area contributed by atoms with E-state index in [9.17, 15) is 4.79 Å². The predicted octanol–water partition coefficient (Wildman–Crippen LogP) is 3.41. The first kappa shape index (κ1) is 15.6. The van der Waals surface area contributed by atoms with Gasteiger partial charge in [-0.15, -0.1) is 6.58 Å². The molecule has 0 bridgehead atoms. The van der Waals surface area contributed by atoms with Crippen molar-refractivity contribution in [2.24, 2.45) is 0 Å². The average molecular weight is 298 g/mol. The fraction of sp³-hybridized carbons (Fsp3) is 0.167. The summed E-state index contributed by atoms with van der Waals surface area (Å²) < 4.78 is 15.9. The minimum absolute atomic E-state index is 0.165. The molecule has 0 N–H and O–H groups in total. The summed E-state index contributed by atoms with van der Waals surface area (Å²) in [6, 6.07) is 14.5. The van der Waals surface area contributed by atoms with Gasteiger partial charge in [0.05, 0.1) is 7.11 Å². The summed E-state index contributed by atoms with van der Waals surface area (Å²) in [6.07, 6.45) is 2.52. The molecule has 0 aliphatic carbocycles. The summed E-state index contributed by atoms with van der Waals surface area (Å²) in [5.41, 5.74) is 1.03. The van der Waals surface area contributed by atoms with Crippen molar-refractivity contribution in [2.45, 2.75) is 6.42 Å². The number of benzene rings is 2. The Hall–Kier alpha value is -2.75. The van der Waals surface area contributed by atoms with Gasteiger partial charge in [-0.2, -0.15) is 0 Å². The van der Waals surface area contributed by atoms with Crippen LogP contribution < -0.4 is 14.2 Å². The van der Waals surface area contributed by atoms with Crippen LogP contribution in [-0.2, 0) is 11.2 Å². The zero-order valence-corrected chi connectivity index (χ0v) is 12.5. The fourth-order valence-electron chi connectivity index (χ4n) is 1.90. The first-order valence-corrected chi connectivity index (χ1v) is 6.89. The maximum atomic E-state index is 11.8. The van der Waals surface area contributed by atoms with Crippen molar-refractivity contribution in [1.82, 2.24) is 0 Å². The van der Waals surface area contributed by atoms with E-state index in [4.69, 9.17) is 14.2 Å². The molecule has 0 spiro atoms. The van der Waals surface area contributed by atoms with E-state index >= 15 is 0 Å². The van der Waals surface area contributed by atoms with Gasteiger partial charge in [-0.25, -0.2) is 4.79 Å². The summed E-state index contributed by atoms with van der Waals surface area (Å²) in [4.78, 5) is 11.8. The highest BCUT2D eigenvalue weighted by Gasteiger charge is 2.11. The lowest BCUT2D eigenvalue weighted by atomic mass is 10.1. The Balaban J connectivity index is 1.97. The molecule has 0 aromatic heterocycles. The third-order valence-corrected chi connectivity index (χ3v) is 2.93. The van der Waals surface area contributed by atoms with E-state index in [2.05, 4.69) is 6.58 Å². The minimum atomic E-state index is -0.487. The van der Waals surface area contributed by atoms with Gasteiger partial charge >= 0.3 is 5.97 Å². The normalized spacial score (nSPS) is 9.86. The zero-order valence-electron chi connectivity index (χ0n) is 12.5. The first-order valence-electron chi connectivity index (χ1n) is 6.89. The van der Waals surface area contributed by atoms with Crippen LogP contribution in [0.15, 0.2) is 61.2 Å². The second kappa shape index (κ2) is 7.88. The zero-order chi connectivity index (χ0) is 15.8. The Morgan fingerprint density at radius 2 is 1.91 bits per heavy atom. The van der Waals surface area contributed by atoms with Gasteiger partial charge in [-0.1, -0.05) is 30.3 Å². The van der Waals surface area contributed by atoms with E-state index in [1.807, 2.05) is 30.3 Å². The largest absolute Gasteiger partial charge is 0.493 e. The van der Waals surface area contributed by atoms with Crippen molar-refractivity contribution in [1.29, 1.82) is 0 Å². The van der Waals surface area contributed by atoms with Crippen LogP contribution >= 0.6 is 0 Å². The number of carbonyl (C=O) groups is 1. The van der Waals surface area contributed by atoms with Crippen molar-refractivity contribution in [2.75, 3.05) is 13.7 Å². The molecule has 0 fully saturated rings. The number of para-hydroxylation sites is 1. The molecule has 0 aliphatic rings. The van der Waals surface area contributed by atoms with Gasteiger partial charge in [0, 0.05) is 0 Å². The van der Waals surface area contributed by atoms with Crippen LogP contribution in [0, 0.1) is 0 Å². The lowest BCUT2D eigenvalue weighted by molar-refractivity contribution is -0.136. The third kappa shape index (κ3) is 4.38. The van der Waals surface area contributed by atoms with Crippen LogP contribution in [0.3, 0.4) is 0 Å². The van der Waals surface area contributed by atoms with Crippen LogP contribution in [0.2, 0.25) is 0 Å². The number of methoxy groups -OCH3 is 1. The van der Waals surface area contributed by atoms with Crippen molar-refractivity contribution < 1.29 is 19.0 Å². The number of esters is 1. The van der Waals surface area contributed by atoms with E-state index in [1.54, 1.807) is 24.3 Å². The Bertz CT molecular complexity index is 635. The Morgan fingerprint density at radius 3 is 2.59 bits per heavy atom. The first-order chi connectivity index (χ1) is 10.7. The molecular formula is C18H18O4. The standard InChI is InChI=1S/C18H18O4/c1-3-7-14-10-11-16(17(12-14)20-2)22-18(19)13-21-15-8-5-4-6-9-15/h3-6,8-12H,1,7,13H2,2H3. The number of rotatable bonds is 7. The molecule has 0 amide bonds. The van der Waals surface area contributed by atoms with Gasteiger partial charge in [0.1, 0.15) is 5.75 Å².